The molecule has 0 saturated carbocycles. The van der Waals surface area contributed by atoms with E-state index < -0.39 is 11.8 Å². The first-order chi connectivity index (χ1) is 9.40. The van der Waals surface area contributed by atoms with Gasteiger partial charge < -0.3 is 10.8 Å². The number of aromatic carboxylic acids is 1. The van der Waals surface area contributed by atoms with Crippen molar-refractivity contribution in [3.8, 4) is 0 Å². The number of carboxylic acid groups (broad SMARTS) is 1. The molecule has 0 aromatic heterocycles. The molecule has 0 aliphatic heterocycles. The average molecular weight is 291 g/mol. The molecular weight excluding hydrogens is 277 g/mol. The van der Waals surface area contributed by atoms with Gasteiger partial charge in [-0.15, -0.1) is 0 Å². The Balaban J connectivity index is 2.48. The number of anilines is 1. The number of hydrogen-bond donors (Lipinski definition) is 2. The number of benzene rings is 2. The molecule has 0 bridgehead atoms. The summed E-state index contributed by atoms with van der Waals surface area (Å²) in [5.41, 5.74) is 7.18. The molecule has 2 rings (SSSR count). The number of halogens is 1. The maximum absolute atomic E-state index is 13.4. The van der Waals surface area contributed by atoms with Crippen molar-refractivity contribution in [3.05, 3.63) is 52.8 Å². The SMILES string of the molecule is Cc1ccc(Sc2ccc(F)c(N)c2C(=O)O)c(C)c1. The van der Waals surface area contributed by atoms with E-state index >= 15 is 0 Å². The smallest absolute Gasteiger partial charge is 0.339 e. The van der Waals surface area contributed by atoms with Crippen LogP contribution in [0.4, 0.5) is 10.1 Å². The molecule has 0 atom stereocenters. The summed E-state index contributed by atoms with van der Waals surface area (Å²) < 4.78 is 13.4. The third kappa shape index (κ3) is 2.77. The average Bonchev–Trinajstić information content (AvgIpc) is 2.36. The Morgan fingerprint density at radius 1 is 1.20 bits per heavy atom. The quantitative estimate of drug-likeness (QED) is 0.842. The number of carbonyl (C=O) groups is 1. The minimum atomic E-state index is -1.23. The molecule has 2 aromatic rings. The Bertz CT molecular complexity index is 686. The van der Waals surface area contributed by atoms with Crippen LogP contribution in [0.2, 0.25) is 0 Å². The van der Waals surface area contributed by atoms with E-state index in [1.54, 1.807) is 0 Å². The van der Waals surface area contributed by atoms with Gasteiger partial charge in [0.25, 0.3) is 0 Å². The molecule has 20 heavy (non-hydrogen) atoms. The van der Waals surface area contributed by atoms with Gasteiger partial charge in [-0.2, -0.15) is 0 Å². The monoisotopic (exact) mass is 291 g/mol. The predicted molar refractivity (Wildman–Crippen MR) is 77.8 cm³/mol. The van der Waals surface area contributed by atoms with E-state index in [0.717, 1.165) is 16.0 Å². The fourth-order valence-corrected chi connectivity index (χ4v) is 2.94. The van der Waals surface area contributed by atoms with Gasteiger partial charge in [0.2, 0.25) is 0 Å². The maximum atomic E-state index is 13.4. The van der Waals surface area contributed by atoms with Gasteiger partial charge in [0, 0.05) is 9.79 Å². The number of aryl methyl sites for hydroxylation is 2. The van der Waals surface area contributed by atoms with Gasteiger partial charge in [-0.3, -0.25) is 0 Å². The van der Waals surface area contributed by atoms with Gasteiger partial charge in [-0.25, -0.2) is 9.18 Å². The molecule has 0 radical (unpaired) electrons. The van der Waals surface area contributed by atoms with E-state index in [9.17, 15) is 14.3 Å². The van der Waals surface area contributed by atoms with Gasteiger partial charge in [0.05, 0.1) is 11.3 Å². The fourth-order valence-electron chi connectivity index (χ4n) is 1.91. The first-order valence-corrected chi connectivity index (χ1v) is 6.78. The second kappa shape index (κ2) is 5.54. The summed E-state index contributed by atoms with van der Waals surface area (Å²) >= 11 is 1.27. The van der Waals surface area contributed by atoms with Gasteiger partial charge >= 0.3 is 5.97 Å². The van der Waals surface area contributed by atoms with Crippen molar-refractivity contribution in [1.82, 2.24) is 0 Å². The highest BCUT2D eigenvalue weighted by atomic mass is 32.2. The Morgan fingerprint density at radius 2 is 1.85 bits per heavy atom. The Kier molecular flexibility index (Phi) is 3.99. The first-order valence-electron chi connectivity index (χ1n) is 5.96. The third-order valence-electron chi connectivity index (χ3n) is 2.92. The molecule has 0 spiro atoms. The Morgan fingerprint density at radius 3 is 2.45 bits per heavy atom. The summed E-state index contributed by atoms with van der Waals surface area (Å²) in [6.07, 6.45) is 0. The van der Waals surface area contributed by atoms with Gasteiger partial charge in [-0.05, 0) is 37.6 Å². The molecule has 0 saturated heterocycles. The van der Waals surface area contributed by atoms with Crippen LogP contribution in [0.25, 0.3) is 0 Å². The van der Waals surface area contributed by atoms with Crippen LogP contribution in [0.5, 0.6) is 0 Å². The van der Waals surface area contributed by atoms with E-state index in [1.165, 1.54) is 23.9 Å². The van der Waals surface area contributed by atoms with Crippen molar-refractivity contribution in [2.24, 2.45) is 0 Å². The molecule has 0 fully saturated rings. The molecule has 0 aliphatic carbocycles. The summed E-state index contributed by atoms with van der Waals surface area (Å²) in [5, 5.41) is 9.20. The maximum Gasteiger partial charge on any atom is 0.339 e. The normalized spacial score (nSPS) is 10.6. The van der Waals surface area contributed by atoms with Crippen molar-refractivity contribution in [1.29, 1.82) is 0 Å². The Labute approximate surface area is 120 Å². The molecule has 104 valence electrons. The zero-order valence-electron chi connectivity index (χ0n) is 11.1. The Hall–Kier alpha value is -2.01. The van der Waals surface area contributed by atoms with Crippen LogP contribution in [-0.2, 0) is 0 Å². The van der Waals surface area contributed by atoms with Crippen molar-refractivity contribution < 1.29 is 14.3 Å². The van der Waals surface area contributed by atoms with E-state index in [-0.39, 0.29) is 11.3 Å². The van der Waals surface area contributed by atoms with E-state index in [4.69, 9.17) is 5.73 Å². The van der Waals surface area contributed by atoms with Gasteiger partial charge in [0.1, 0.15) is 5.82 Å². The molecule has 0 amide bonds. The number of nitrogens with two attached hydrogens (primary N) is 1. The van der Waals surface area contributed by atoms with Crippen molar-refractivity contribution in [2.75, 3.05) is 5.73 Å². The minimum Gasteiger partial charge on any atom is -0.478 e. The van der Waals surface area contributed by atoms with E-state index in [0.29, 0.717) is 4.90 Å². The summed E-state index contributed by atoms with van der Waals surface area (Å²) in [7, 11) is 0. The summed E-state index contributed by atoms with van der Waals surface area (Å²) in [6, 6.07) is 8.51. The highest BCUT2D eigenvalue weighted by Crippen LogP contribution is 2.36. The zero-order valence-corrected chi connectivity index (χ0v) is 11.9. The number of hydrogen-bond acceptors (Lipinski definition) is 3. The number of rotatable bonds is 3. The molecule has 3 N–H and O–H groups in total. The third-order valence-corrected chi connectivity index (χ3v) is 4.16. The fraction of sp³-hybridized carbons (Fsp3) is 0.133. The molecule has 0 heterocycles. The standard InChI is InChI=1S/C15H14FNO2S/c1-8-3-5-11(9(2)7-8)20-12-6-4-10(16)14(17)13(12)15(18)19/h3-7H,17H2,1-2H3,(H,18,19). The lowest BCUT2D eigenvalue weighted by atomic mass is 10.1. The predicted octanol–water partition coefficient (Wildman–Crippen LogP) is 3.87. The number of nitrogen functional groups attached to an aromatic ring is 1. The second-order valence-electron chi connectivity index (χ2n) is 4.51. The zero-order chi connectivity index (χ0) is 14.9. The van der Waals surface area contributed by atoms with Crippen LogP contribution in [0.15, 0.2) is 40.1 Å². The lowest BCUT2D eigenvalue weighted by Crippen LogP contribution is -2.06. The molecule has 2 aromatic carbocycles. The summed E-state index contributed by atoms with van der Waals surface area (Å²) in [4.78, 5) is 12.6. The van der Waals surface area contributed by atoms with Crippen molar-refractivity contribution >= 4 is 23.4 Å². The van der Waals surface area contributed by atoms with E-state index in [1.807, 2.05) is 32.0 Å². The van der Waals surface area contributed by atoms with E-state index in [2.05, 4.69) is 0 Å². The largest absolute Gasteiger partial charge is 0.478 e. The highest BCUT2D eigenvalue weighted by Gasteiger charge is 2.18. The minimum absolute atomic E-state index is 0.185. The summed E-state index contributed by atoms with van der Waals surface area (Å²) in [5.74, 6) is -1.94. The van der Waals surface area contributed by atoms with Crippen LogP contribution in [0, 0.1) is 19.7 Å². The lowest BCUT2D eigenvalue weighted by molar-refractivity contribution is 0.0694. The lowest BCUT2D eigenvalue weighted by Gasteiger charge is -2.11. The van der Waals surface area contributed by atoms with Gasteiger partial charge in [-0.1, -0.05) is 29.5 Å². The van der Waals surface area contributed by atoms with Gasteiger partial charge in [0.15, 0.2) is 0 Å². The molecule has 0 unspecified atom stereocenters. The van der Waals surface area contributed by atoms with Crippen molar-refractivity contribution in [2.45, 2.75) is 23.6 Å². The van der Waals surface area contributed by atoms with Crippen LogP contribution in [-0.4, -0.2) is 11.1 Å². The molecule has 5 heteroatoms. The highest BCUT2D eigenvalue weighted by molar-refractivity contribution is 7.99. The topological polar surface area (TPSA) is 63.3 Å². The van der Waals surface area contributed by atoms with Crippen molar-refractivity contribution in [3.63, 3.8) is 0 Å². The first kappa shape index (κ1) is 14.4. The molecule has 3 nitrogen and oxygen atoms in total. The van der Waals surface area contributed by atoms with Crippen LogP contribution in [0.3, 0.4) is 0 Å². The second-order valence-corrected chi connectivity index (χ2v) is 5.59. The van der Waals surface area contributed by atoms with Crippen LogP contribution in [0.1, 0.15) is 21.5 Å². The summed E-state index contributed by atoms with van der Waals surface area (Å²) in [6.45, 7) is 3.93. The van der Waals surface area contributed by atoms with Crippen LogP contribution >= 0.6 is 11.8 Å². The molecular formula is C15H14FNO2S. The van der Waals surface area contributed by atoms with Crippen LogP contribution < -0.4 is 5.73 Å². The molecule has 0 aliphatic rings. The number of carboxylic acids is 1.